The molecule has 0 fully saturated rings. The van der Waals surface area contributed by atoms with E-state index < -0.39 is 11.7 Å². The number of benzene rings is 2. The van der Waals surface area contributed by atoms with Gasteiger partial charge in [-0.3, -0.25) is 9.36 Å². The summed E-state index contributed by atoms with van der Waals surface area (Å²) >= 11 is 0. The summed E-state index contributed by atoms with van der Waals surface area (Å²) in [6.07, 6.45) is 3.16. The first-order chi connectivity index (χ1) is 15.9. The second kappa shape index (κ2) is 8.80. The molecule has 0 spiro atoms. The van der Waals surface area contributed by atoms with E-state index in [1.807, 2.05) is 0 Å². The van der Waals surface area contributed by atoms with Crippen molar-refractivity contribution in [2.24, 2.45) is 5.73 Å². The number of anilines is 2. The lowest BCUT2D eigenvalue weighted by Crippen LogP contribution is -2.20. The fraction of sp³-hybridized carbons (Fsp3) is 0.136. The number of nitrogens with one attached hydrogen (secondary N) is 1. The van der Waals surface area contributed by atoms with E-state index in [0.29, 0.717) is 39.9 Å². The summed E-state index contributed by atoms with van der Waals surface area (Å²) in [6, 6.07) is 11.6. The number of aromatic nitrogens is 3. The van der Waals surface area contributed by atoms with Crippen LogP contribution >= 0.6 is 0 Å². The SMILES string of the molecule is COc1cc(Nc2cn(-c3ccc(OC)c(OCC(N)=O)c3)c3c(C#N)cnn23)ccc1F. The number of halogens is 1. The number of rotatable bonds is 8. The number of amides is 1. The highest BCUT2D eigenvalue weighted by Gasteiger charge is 2.18. The largest absolute Gasteiger partial charge is 0.494 e. The van der Waals surface area contributed by atoms with Crippen molar-refractivity contribution in [3.8, 4) is 29.0 Å². The van der Waals surface area contributed by atoms with E-state index >= 15 is 0 Å². The Bertz CT molecular complexity index is 1390. The minimum absolute atomic E-state index is 0.0836. The molecule has 0 unspecified atom stereocenters. The summed E-state index contributed by atoms with van der Waals surface area (Å²) in [7, 11) is 2.86. The fourth-order valence-corrected chi connectivity index (χ4v) is 3.31. The molecule has 0 atom stereocenters. The van der Waals surface area contributed by atoms with Gasteiger partial charge in [-0.1, -0.05) is 0 Å². The normalized spacial score (nSPS) is 10.6. The van der Waals surface area contributed by atoms with Gasteiger partial charge < -0.3 is 25.3 Å². The second-order valence-corrected chi connectivity index (χ2v) is 6.85. The Morgan fingerprint density at radius 2 is 1.97 bits per heavy atom. The van der Waals surface area contributed by atoms with Crippen molar-refractivity contribution >= 4 is 23.1 Å². The second-order valence-electron chi connectivity index (χ2n) is 6.85. The molecule has 1 amide bonds. The number of carbonyl (C=O) groups excluding carboxylic acids is 1. The van der Waals surface area contributed by atoms with Crippen molar-refractivity contribution < 1.29 is 23.4 Å². The minimum Gasteiger partial charge on any atom is -0.494 e. The number of hydrogen-bond donors (Lipinski definition) is 2. The molecule has 33 heavy (non-hydrogen) atoms. The summed E-state index contributed by atoms with van der Waals surface area (Å²) in [5.41, 5.74) is 7.17. The molecule has 0 aliphatic heterocycles. The Hall–Kier alpha value is -4.72. The first-order valence-corrected chi connectivity index (χ1v) is 9.64. The molecule has 2 aromatic heterocycles. The monoisotopic (exact) mass is 450 g/mol. The van der Waals surface area contributed by atoms with Gasteiger partial charge >= 0.3 is 0 Å². The molecule has 0 aliphatic rings. The number of carbonyl (C=O) groups is 1. The number of fused-ring (bicyclic) bond motifs is 1. The quantitative estimate of drug-likeness (QED) is 0.422. The standard InChI is InChI=1S/C22H19FN6O4/c1-31-17-6-4-15(8-19(17)33-12-20(25)30)28-11-21(29-22(28)13(9-24)10-26-29)27-14-3-5-16(23)18(7-14)32-2/h3-8,10-11,27H,12H2,1-2H3,(H2,25,30). The van der Waals surface area contributed by atoms with E-state index in [-0.39, 0.29) is 12.4 Å². The van der Waals surface area contributed by atoms with Gasteiger partial charge in [0.25, 0.3) is 5.91 Å². The molecule has 3 N–H and O–H groups in total. The van der Waals surface area contributed by atoms with Crippen LogP contribution < -0.4 is 25.3 Å². The van der Waals surface area contributed by atoms with E-state index in [0.717, 1.165) is 0 Å². The molecule has 4 rings (SSSR count). The smallest absolute Gasteiger partial charge is 0.255 e. The van der Waals surface area contributed by atoms with Gasteiger partial charge in [0.15, 0.2) is 41.1 Å². The summed E-state index contributed by atoms with van der Waals surface area (Å²) in [5, 5.41) is 17.0. The molecule has 10 nitrogen and oxygen atoms in total. The van der Waals surface area contributed by atoms with Crippen molar-refractivity contribution in [2.75, 3.05) is 26.1 Å². The zero-order valence-electron chi connectivity index (χ0n) is 17.7. The number of hydrogen-bond acceptors (Lipinski definition) is 7. The third-order valence-electron chi connectivity index (χ3n) is 4.79. The van der Waals surface area contributed by atoms with E-state index in [2.05, 4.69) is 16.5 Å². The molecule has 2 aromatic carbocycles. The molecule has 4 aromatic rings. The zero-order valence-corrected chi connectivity index (χ0v) is 17.7. The van der Waals surface area contributed by atoms with Gasteiger partial charge in [-0.2, -0.15) is 14.9 Å². The van der Waals surface area contributed by atoms with Gasteiger partial charge in [-0.25, -0.2) is 4.39 Å². The molecule has 2 heterocycles. The summed E-state index contributed by atoms with van der Waals surface area (Å²) in [6.45, 7) is -0.323. The predicted octanol–water partition coefficient (Wildman–Crippen LogP) is 2.76. The average Bonchev–Trinajstić information content (AvgIpc) is 3.39. The molecule has 0 bridgehead atoms. The first-order valence-electron chi connectivity index (χ1n) is 9.64. The number of nitrogens with zero attached hydrogens (tertiary/aromatic N) is 4. The topological polar surface area (TPSA) is 129 Å². The summed E-state index contributed by atoms with van der Waals surface area (Å²) < 4.78 is 32.9. The maximum Gasteiger partial charge on any atom is 0.255 e. The summed E-state index contributed by atoms with van der Waals surface area (Å²) in [4.78, 5) is 11.2. The molecule has 11 heteroatoms. The van der Waals surface area contributed by atoms with Crippen molar-refractivity contribution in [1.29, 1.82) is 5.26 Å². The number of methoxy groups -OCH3 is 2. The number of nitrogens with two attached hydrogens (primary N) is 1. The van der Waals surface area contributed by atoms with Gasteiger partial charge in [-0.15, -0.1) is 0 Å². The van der Waals surface area contributed by atoms with Gasteiger partial charge in [-0.05, 0) is 24.3 Å². The maximum atomic E-state index is 13.8. The van der Waals surface area contributed by atoms with Crippen LogP contribution in [0.15, 0.2) is 48.8 Å². The van der Waals surface area contributed by atoms with E-state index in [9.17, 15) is 14.4 Å². The maximum absolute atomic E-state index is 13.8. The van der Waals surface area contributed by atoms with Crippen molar-refractivity contribution in [3.05, 3.63) is 60.2 Å². The fourth-order valence-electron chi connectivity index (χ4n) is 3.31. The Morgan fingerprint density at radius 1 is 1.18 bits per heavy atom. The Labute approximate surface area is 187 Å². The summed E-state index contributed by atoms with van der Waals surface area (Å²) in [5.74, 6) is 0.189. The molecule has 0 radical (unpaired) electrons. The van der Waals surface area contributed by atoms with Crippen molar-refractivity contribution in [3.63, 3.8) is 0 Å². The lowest BCUT2D eigenvalue weighted by Gasteiger charge is -2.12. The Morgan fingerprint density at radius 3 is 2.67 bits per heavy atom. The van der Waals surface area contributed by atoms with Crippen molar-refractivity contribution in [1.82, 2.24) is 14.2 Å². The first kappa shape index (κ1) is 21.5. The number of imidazole rings is 1. The van der Waals surface area contributed by atoms with Crippen LogP contribution in [0.25, 0.3) is 11.3 Å². The van der Waals surface area contributed by atoms with E-state index in [1.54, 1.807) is 39.5 Å². The lowest BCUT2D eigenvalue weighted by atomic mass is 10.2. The van der Waals surface area contributed by atoms with Crippen LogP contribution in [0.1, 0.15) is 5.56 Å². The highest BCUT2D eigenvalue weighted by molar-refractivity contribution is 5.75. The molecule has 168 valence electrons. The molecular weight excluding hydrogens is 431 g/mol. The third-order valence-corrected chi connectivity index (χ3v) is 4.79. The van der Waals surface area contributed by atoms with E-state index in [1.165, 1.54) is 32.5 Å². The van der Waals surface area contributed by atoms with Crippen LogP contribution in [0.4, 0.5) is 15.9 Å². The van der Waals surface area contributed by atoms with Crippen LogP contribution in [0, 0.1) is 17.1 Å². The van der Waals surface area contributed by atoms with Gasteiger partial charge in [0.1, 0.15) is 11.6 Å². The van der Waals surface area contributed by atoms with Crippen LogP contribution in [-0.2, 0) is 4.79 Å². The minimum atomic E-state index is -0.630. The number of ether oxygens (including phenoxy) is 3. The highest BCUT2D eigenvalue weighted by atomic mass is 19.1. The number of primary amides is 1. The number of nitriles is 1. The molecular formula is C22H19FN6O4. The molecule has 0 saturated heterocycles. The molecule has 0 saturated carbocycles. The van der Waals surface area contributed by atoms with Crippen LogP contribution in [0.3, 0.4) is 0 Å². The zero-order chi connectivity index (χ0) is 23.5. The van der Waals surface area contributed by atoms with Crippen molar-refractivity contribution in [2.45, 2.75) is 0 Å². The predicted molar refractivity (Wildman–Crippen MR) is 117 cm³/mol. The van der Waals surface area contributed by atoms with Gasteiger partial charge in [0.2, 0.25) is 0 Å². The average molecular weight is 450 g/mol. The van der Waals surface area contributed by atoms with Gasteiger partial charge in [0.05, 0.1) is 32.3 Å². The Kier molecular flexibility index (Phi) is 5.73. The highest BCUT2D eigenvalue weighted by Crippen LogP contribution is 2.33. The lowest BCUT2D eigenvalue weighted by molar-refractivity contribution is -0.119. The third kappa shape index (κ3) is 4.09. The van der Waals surface area contributed by atoms with Crippen LogP contribution in [0.2, 0.25) is 0 Å². The molecule has 0 aliphatic carbocycles. The van der Waals surface area contributed by atoms with Crippen LogP contribution in [-0.4, -0.2) is 40.9 Å². The van der Waals surface area contributed by atoms with E-state index in [4.69, 9.17) is 19.9 Å². The van der Waals surface area contributed by atoms with Gasteiger partial charge in [0, 0.05) is 17.8 Å². The van der Waals surface area contributed by atoms with Crippen LogP contribution in [0.5, 0.6) is 17.2 Å². The Balaban J connectivity index is 1.81.